The van der Waals surface area contributed by atoms with Crippen molar-refractivity contribution in [2.24, 2.45) is 0 Å². The summed E-state index contributed by atoms with van der Waals surface area (Å²) in [7, 11) is 0. The van der Waals surface area contributed by atoms with E-state index in [1.807, 2.05) is 0 Å². The summed E-state index contributed by atoms with van der Waals surface area (Å²) in [5, 5.41) is 13.9. The number of nitrogens with one attached hydrogen (secondary N) is 2. The molecule has 9 nitrogen and oxygen atoms in total. The van der Waals surface area contributed by atoms with Crippen molar-refractivity contribution in [2.75, 3.05) is 10.6 Å². The van der Waals surface area contributed by atoms with Gasteiger partial charge in [-0.2, -0.15) is 0 Å². The van der Waals surface area contributed by atoms with Gasteiger partial charge in [-0.05, 0) is 29.8 Å². The molecule has 0 spiro atoms. The third-order valence-electron chi connectivity index (χ3n) is 4.21. The van der Waals surface area contributed by atoms with E-state index in [4.69, 9.17) is 12.9 Å². The van der Waals surface area contributed by atoms with Crippen LogP contribution in [0.1, 0.15) is 19.4 Å². The van der Waals surface area contributed by atoms with Crippen LogP contribution in [0.5, 0.6) is 11.5 Å². The summed E-state index contributed by atoms with van der Waals surface area (Å²) in [5.41, 5.74) is 0.655. The van der Waals surface area contributed by atoms with Crippen LogP contribution < -0.4 is 19.7 Å². The maximum atomic E-state index is 13.6. The molecule has 3 aromatic rings. The summed E-state index contributed by atoms with van der Waals surface area (Å²) >= 11 is -5.14. The number of phenols is 1. The zero-order chi connectivity index (χ0) is 26.2. The number of para-hydroxylation sites is 1. The molecule has 0 aliphatic rings. The molecule has 2 amide bonds. The molecule has 0 unspecified atom stereocenters. The zero-order valence-corrected chi connectivity index (χ0v) is 20.5. The Morgan fingerprint density at radius 3 is 2.11 bits per heavy atom. The zero-order valence-electron chi connectivity index (χ0n) is 18.7. The number of phenolic OH excluding ortho intramolecular Hbond substituents is 1. The van der Waals surface area contributed by atoms with Gasteiger partial charge < -0.3 is 10.1 Å². The topological polar surface area (TPSA) is 145 Å². The molecule has 0 aromatic heterocycles. The van der Waals surface area contributed by atoms with Gasteiger partial charge in [-0.25, -0.2) is 8.78 Å². The van der Waals surface area contributed by atoms with Gasteiger partial charge in [-0.15, -0.1) is 0 Å². The van der Waals surface area contributed by atoms with Gasteiger partial charge in [-0.1, -0.05) is 12.1 Å². The first-order valence-corrected chi connectivity index (χ1v) is 13.3. The molecule has 0 aliphatic carbocycles. The van der Waals surface area contributed by atoms with Crippen molar-refractivity contribution in [1.29, 1.82) is 0 Å². The van der Waals surface area contributed by atoms with Crippen molar-refractivity contribution in [3.63, 3.8) is 0 Å². The Balaban J connectivity index is 0.000000258. The molecular formula is C23H23AsF2N2O7. The molecule has 3 aromatic carbocycles. The van der Waals surface area contributed by atoms with Crippen molar-refractivity contribution >= 4 is 41.7 Å². The molecule has 0 heterocycles. The second kappa shape index (κ2) is 12.2. The SMILES string of the molecule is CC(=O)Nc1c(O)cccc1[As](=O)(O)O.CC(=O)Nc1ccc(OCc2ccc(F)cc2)cc1F. The van der Waals surface area contributed by atoms with E-state index in [0.29, 0.717) is 5.75 Å². The van der Waals surface area contributed by atoms with E-state index >= 15 is 0 Å². The van der Waals surface area contributed by atoms with Crippen LogP contribution in [0.2, 0.25) is 0 Å². The Hall–Kier alpha value is -3.66. The van der Waals surface area contributed by atoms with E-state index < -0.39 is 25.9 Å². The fraction of sp³-hybridized carbons (Fsp3) is 0.130. The Morgan fingerprint density at radius 1 is 0.943 bits per heavy atom. The third-order valence-corrected chi connectivity index (χ3v) is 6.30. The molecule has 0 atom stereocenters. The van der Waals surface area contributed by atoms with Crippen LogP contribution in [-0.4, -0.2) is 39.3 Å². The van der Waals surface area contributed by atoms with Crippen molar-refractivity contribution in [3.05, 3.63) is 77.9 Å². The van der Waals surface area contributed by atoms with Crippen molar-refractivity contribution < 1.29 is 40.1 Å². The van der Waals surface area contributed by atoms with E-state index in [-0.39, 0.29) is 39.8 Å². The second-order valence-corrected chi connectivity index (χ2v) is 10.4. The van der Waals surface area contributed by atoms with Gasteiger partial charge in [0.2, 0.25) is 5.91 Å². The molecule has 186 valence electrons. The number of amides is 2. The van der Waals surface area contributed by atoms with E-state index in [2.05, 4.69) is 10.6 Å². The molecule has 0 saturated carbocycles. The van der Waals surface area contributed by atoms with Crippen LogP contribution in [0.15, 0.2) is 60.7 Å². The van der Waals surface area contributed by atoms with Crippen LogP contribution in [0.4, 0.5) is 20.2 Å². The number of hydrogen-bond acceptors (Lipinski definition) is 5. The van der Waals surface area contributed by atoms with Gasteiger partial charge in [0, 0.05) is 13.0 Å². The summed E-state index contributed by atoms with van der Waals surface area (Å²) in [4.78, 5) is 21.6. The molecule has 5 N–H and O–H groups in total. The van der Waals surface area contributed by atoms with Gasteiger partial charge in [-0.3, -0.25) is 4.79 Å². The summed E-state index contributed by atoms with van der Waals surface area (Å²) < 4.78 is 60.5. The number of anilines is 2. The molecule has 0 saturated heterocycles. The Kier molecular flexibility index (Phi) is 9.58. The van der Waals surface area contributed by atoms with Gasteiger partial charge in [0.1, 0.15) is 24.0 Å². The minimum absolute atomic E-state index is 0.103. The maximum Gasteiger partial charge on any atom is 0.221 e. The average Bonchev–Trinajstić information content (AvgIpc) is 2.75. The first-order chi connectivity index (χ1) is 16.4. The fourth-order valence-corrected chi connectivity index (χ4v) is 4.26. The fourth-order valence-electron chi connectivity index (χ4n) is 2.70. The number of ether oxygens (including phenoxy) is 1. The molecule has 0 aliphatic heterocycles. The van der Waals surface area contributed by atoms with E-state index in [0.717, 1.165) is 5.56 Å². The van der Waals surface area contributed by atoms with Crippen molar-refractivity contribution in [3.8, 4) is 11.5 Å². The smallest absolute Gasteiger partial charge is 0.221 e. The van der Waals surface area contributed by atoms with Crippen LogP contribution in [0.3, 0.4) is 0 Å². The average molecular weight is 552 g/mol. The van der Waals surface area contributed by atoms with Gasteiger partial charge >= 0.3 is 88.1 Å². The van der Waals surface area contributed by atoms with E-state index in [9.17, 15) is 27.2 Å². The monoisotopic (exact) mass is 552 g/mol. The van der Waals surface area contributed by atoms with Gasteiger partial charge in [0.05, 0.1) is 5.69 Å². The molecule has 3 rings (SSSR count). The molecular weight excluding hydrogens is 529 g/mol. The number of carbonyl (C=O) groups excluding carboxylic acids is 2. The molecule has 12 heteroatoms. The predicted molar refractivity (Wildman–Crippen MR) is 124 cm³/mol. The Labute approximate surface area is 202 Å². The summed E-state index contributed by atoms with van der Waals surface area (Å²) in [6, 6.07) is 13.7. The number of carbonyl (C=O) groups is 2. The van der Waals surface area contributed by atoms with E-state index in [1.165, 1.54) is 56.3 Å². The minimum Gasteiger partial charge on any atom is -0.489 e. The van der Waals surface area contributed by atoms with Gasteiger partial charge in [0.25, 0.3) is 0 Å². The second-order valence-electron chi connectivity index (χ2n) is 7.13. The summed E-state index contributed by atoms with van der Waals surface area (Å²) in [6.07, 6.45) is 0. The number of hydrogen-bond donors (Lipinski definition) is 5. The minimum atomic E-state index is -5.14. The van der Waals surface area contributed by atoms with Crippen LogP contribution in [-0.2, 0) is 19.9 Å². The number of benzene rings is 3. The van der Waals surface area contributed by atoms with Crippen LogP contribution in [0.25, 0.3) is 0 Å². The number of rotatable bonds is 6. The first-order valence-electron chi connectivity index (χ1n) is 9.97. The predicted octanol–water partition coefficient (Wildman–Crippen LogP) is 2.41. The Morgan fingerprint density at radius 2 is 1.57 bits per heavy atom. The van der Waals surface area contributed by atoms with Crippen LogP contribution in [0, 0.1) is 11.6 Å². The van der Waals surface area contributed by atoms with Crippen LogP contribution >= 0.6 is 0 Å². The van der Waals surface area contributed by atoms with E-state index in [1.54, 1.807) is 18.2 Å². The maximum absolute atomic E-state index is 13.6. The quantitative estimate of drug-likeness (QED) is 0.233. The van der Waals surface area contributed by atoms with Crippen molar-refractivity contribution in [1.82, 2.24) is 0 Å². The van der Waals surface area contributed by atoms with Gasteiger partial charge in [0.15, 0.2) is 0 Å². The summed E-state index contributed by atoms with van der Waals surface area (Å²) in [6.45, 7) is 2.69. The molecule has 35 heavy (non-hydrogen) atoms. The van der Waals surface area contributed by atoms with Crippen molar-refractivity contribution in [2.45, 2.75) is 20.5 Å². The molecule has 0 radical (unpaired) electrons. The third kappa shape index (κ3) is 8.89. The molecule has 0 fully saturated rings. The number of aromatic hydroxyl groups is 1. The summed E-state index contributed by atoms with van der Waals surface area (Å²) in [5.74, 6) is -1.78. The number of halogens is 2. The first kappa shape index (κ1) is 27.6. The Bertz CT molecular complexity index is 1250. The standard InChI is InChI=1S/C15H13F2NO2.C8H10AsNO5/c1-10(19)18-15-7-6-13(8-14(15)17)20-9-11-2-4-12(16)5-3-11;1-5(11)10-8-6(9(13,14)15)3-2-4-7(8)12/h2-8H,9H2,1H3,(H,18,19);2-4,12H,1H3,(H,10,11)(H2,13,14,15). The molecule has 0 bridgehead atoms. The normalized spacial score (nSPS) is 10.6. The largest absolute Gasteiger partial charge is 0.489 e.